The monoisotopic (exact) mass is 187 g/mol. The maximum absolute atomic E-state index is 11.0. The standard InChI is InChI=1S/C12H13NO/c1-3-5-7-10-8-9-12(14)13-11(10)6-4-2/h3-9H,2H2,1H3,(H,13,14)/b5-3-,10-7-,11-6+. The van der Waals surface area contributed by atoms with Crippen LogP contribution in [0, 0.1) is 0 Å². The Hall–Kier alpha value is -1.83. The normalized spacial score (nSPS) is 13.8. The smallest absolute Gasteiger partial charge is 0.248 e. The third-order valence-electron chi connectivity index (χ3n) is 1.74. The Morgan fingerprint density at radius 2 is 2.14 bits per heavy atom. The molecule has 0 bridgehead atoms. The first kappa shape index (κ1) is 10.3. The lowest BCUT2D eigenvalue weighted by molar-refractivity contribution is 1.16. The van der Waals surface area contributed by atoms with Gasteiger partial charge in [-0.1, -0.05) is 30.9 Å². The van der Waals surface area contributed by atoms with E-state index in [-0.39, 0.29) is 5.56 Å². The highest BCUT2D eigenvalue weighted by atomic mass is 16.1. The molecule has 0 aliphatic heterocycles. The van der Waals surface area contributed by atoms with E-state index in [1.807, 2.05) is 25.2 Å². The zero-order chi connectivity index (χ0) is 10.4. The van der Waals surface area contributed by atoms with Crippen molar-refractivity contribution in [3.05, 3.63) is 57.9 Å². The molecule has 1 aromatic rings. The predicted molar refractivity (Wildman–Crippen MR) is 60.3 cm³/mol. The number of nitrogens with one attached hydrogen (secondary N) is 1. The second kappa shape index (κ2) is 5.02. The number of hydrogen-bond acceptors (Lipinski definition) is 1. The minimum absolute atomic E-state index is 0.101. The molecule has 0 spiro atoms. The Bertz CT molecular complexity index is 506. The topological polar surface area (TPSA) is 32.9 Å². The molecular formula is C12H13NO. The second-order valence-electron chi connectivity index (χ2n) is 2.79. The lowest BCUT2D eigenvalue weighted by Crippen LogP contribution is -2.33. The fraction of sp³-hybridized carbons (Fsp3) is 0.0833. The van der Waals surface area contributed by atoms with Crippen LogP contribution < -0.4 is 16.1 Å². The van der Waals surface area contributed by atoms with Crippen LogP contribution in [0.1, 0.15) is 6.92 Å². The Labute approximate surface area is 82.6 Å². The molecule has 14 heavy (non-hydrogen) atoms. The van der Waals surface area contributed by atoms with Crippen molar-refractivity contribution in [1.82, 2.24) is 4.98 Å². The summed E-state index contributed by atoms with van der Waals surface area (Å²) in [6, 6.07) is 3.30. The number of allylic oxidation sites excluding steroid dienone is 3. The summed E-state index contributed by atoms with van der Waals surface area (Å²) in [6.45, 7) is 5.54. The van der Waals surface area contributed by atoms with Gasteiger partial charge in [-0.15, -0.1) is 0 Å². The molecule has 0 unspecified atom stereocenters. The molecule has 0 saturated heterocycles. The van der Waals surface area contributed by atoms with Crippen LogP contribution in [-0.4, -0.2) is 4.98 Å². The van der Waals surface area contributed by atoms with Crippen LogP contribution in [-0.2, 0) is 0 Å². The third-order valence-corrected chi connectivity index (χ3v) is 1.74. The summed E-state index contributed by atoms with van der Waals surface area (Å²) in [5.74, 6) is 0. The van der Waals surface area contributed by atoms with Gasteiger partial charge < -0.3 is 4.98 Å². The quantitative estimate of drug-likeness (QED) is 0.726. The number of hydrogen-bond donors (Lipinski definition) is 1. The number of H-pyrrole nitrogens is 1. The van der Waals surface area contributed by atoms with Crippen molar-refractivity contribution in [2.24, 2.45) is 0 Å². The predicted octanol–water partition coefficient (Wildman–Crippen LogP) is 0.698. The molecule has 2 heteroatoms. The van der Waals surface area contributed by atoms with Crippen molar-refractivity contribution in [2.75, 3.05) is 0 Å². The van der Waals surface area contributed by atoms with Gasteiger partial charge in [0.15, 0.2) is 0 Å². The van der Waals surface area contributed by atoms with Crippen molar-refractivity contribution in [2.45, 2.75) is 6.92 Å². The molecule has 1 rings (SSSR count). The van der Waals surface area contributed by atoms with Gasteiger partial charge in [-0.3, -0.25) is 4.79 Å². The van der Waals surface area contributed by atoms with Gasteiger partial charge in [-0.05, 0) is 24.3 Å². The fourth-order valence-corrected chi connectivity index (χ4v) is 1.10. The van der Waals surface area contributed by atoms with E-state index in [2.05, 4.69) is 11.6 Å². The summed E-state index contributed by atoms with van der Waals surface area (Å²) < 4.78 is 0. The fourth-order valence-electron chi connectivity index (χ4n) is 1.10. The first-order chi connectivity index (χ1) is 6.77. The van der Waals surface area contributed by atoms with Gasteiger partial charge in [0, 0.05) is 11.4 Å². The molecule has 0 amide bonds. The zero-order valence-corrected chi connectivity index (χ0v) is 8.16. The molecule has 1 N–H and O–H groups in total. The third kappa shape index (κ3) is 2.59. The lowest BCUT2D eigenvalue weighted by atomic mass is 10.3. The van der Waals surface area contributed by atoms with E-state index in [0.717, 1.165) is 10.6 Å². The van der Waals surface area contributed by atoms with Crippen molar-refractivity contribution < 1.29 is 0 Å². The van der Waals surface area contributed by atoms with Crippen LogP contribution in [0.4, 0.5) is 0 Å². The first-order valence-electron chi connectivity index (χ1n) is 4.43. The Morgan fingerprint density at radius 1 is 1.36 bits per heavy atom. The molecule has 0 radical (unpaired) electrons. The van der Waals surface area contributed by atoms with Gasteiger partial charge in [0.1, 0.15) is 0 Å². The summed E-state index contributed by atoms with van der Waals surface area (Å²) in [4.78, 5) is 13.8. The van der Waals surface area contributed by atoms with Crippen molar-refractivity contribution >= 4 is 12.2 Å². The van der Waals surface area contributed by atoms with E-state index in [4.69, 9.17) is 0 Å². The number of pyridine rings is 1. The van der Waals surface area contributed by atoms with Gasteiger partial charge in [0.25, 0.3) is 0 Å². The lowest BCUT2D eigenvalue weighted by Gasteiger charge is -1.88. The number of aromatic nitrogens is 1. The average molecular weight is 187 g/mol. The van der Waals surface area contributed by atoms with Gasteiger partial charge >= 0.3 is 0 Å². The largest absolute Gasteiger partial charge is 0.322 e. The van der Waals surface area contributed by atoms with Crippen LogP contribution >= 0.6 is 0 Å². The van der Waals surface area contributed by atoms with Crippen LogP contribution in [0.25, 0.3) is 12.2 Å². The van der Waals surface area contributed by atoms with Gasteiger partial charge in [0.2, 0.25) is 5.56 Å². The zero-order valence-electron chi connectivity index (χ0n) is 8.16. The summed E-state index contributed by atoms with van der Waals surface area (Å²) in [6.07, 6.45) is 9.22. The highest BCUT2D eigenvalue weighted by Crippen LogP contribution is 1.70. The molecule has 0 aliphatic carbocycles. The molecule has 1 heterocycles. The molecule has 0 aromatic carbocycles. The maximum Gasteiger partial charge on any atom is 0.248 e. The first-order valence-corrected chi connectivity index (χ1v) is 4.43. The van der Waals surface area contributed by atoms with Gasteiger partial charge in [0.05, 0.1) is 0 Å². The second-order valence-corrected chi connectivity index (χ2v) is 2.79. The highest BCUT2D eigenvalue weighted by Gasteiger charge is 1.84. The Morgan fingerprint density at radius 3 is 2.79 bits per heavy atom. The minimum Gasteiger partial charge on any atom is -0.322 e. The maximum atomic E-state index is 11.0. The number of aromatic amines is 1. The summed E-state index contributed by atoms with van der Waals surface area (Å²) in [7, 11) is 0. The molecule has 0 aliphatic rings. The van der Waals surface area contributed by atoms with Crippen molar-refractivity contribution in [1.29, 1.82) is 0 Å². The molecule has 0 saturated carbocycles. The SMILES string of the molecule is C=C/C=c1/[nH]c(=O)cc/c1=C/C=C\C. The van der Waals surface area contributed by atoms with E-state index in [0.29, 0.717) is 0 Å². The molecule has 0 fully saturated rings. The Balaban J connectivity index is 3.52. The summed E-state index contributed by atoms with van der Waals surface area (Å²) in [5, 5.41) is 1.76. The van der Waals surface area contributed by atoms with Crippen LogP contribution in [0.2, 0.25) is 0 Å². The Kier molecular flexibility index (Phi) is 3.68. The molecule has 1 aromatic heterocycles. The van der Waals surface area contributed by atoms with Gasteiger partial charge in [-0.2, -0.15) is 0 Å². The van der Waals surface area contributed by atoms with Crippen molar-refractivity contribution in [3.63, 3.8) is 0 Å². The van der Waals surface area contributed by atoms with E-state index in [9.17, 15) is 4.79 Å². The summed E-state index contributed by atoms with van der Waals surface area (Å²) in [5.41, 5.74) is -0.101. The average Bonchev–Trinajstić information content (AvgIpc) is 2.17. The van der Waals surface area contributed by atoms with Crippen molar-refractivity contribution in [3.8, 4) is 0 Å². The van der Waals surface area contributed by atoms with E-state index in [1.165, 1.54) is 6.07 Å². The molecule has 0 atom stereocenters. The van der Waals surface area contributed by atoms with E-state index >= 15 is 0 Å². The molecule has 2 nitrogen and oxygen atoms in total. The molecular weight excluding hydrogens is 174 g/mol. The van der Waals surface area contributed by atoms with Crippen LogP contribution in [0.3, 0.4) is 0 Å². The van der Waals surface area contributed by atoms with E-state index < -0.39 is 0 Å². The van der Waals surface area contributed by atoms with Crippen LogP contribution in [0.15, 0.2) is 41.7 Å². The minimum atomic E-state index is -0.101. The summed E-state index contributed by atoms with van der Waals surface area (Å²) >= 11 is 0. The van der Waals surface area contributed by atoms with E-state index in [1.54, 1.807) is 18.2 Å². The molecule has 72 valence electrons. The highest BCUT2D eigenvalue weighted by molar-refractivity contribution is 5.40. The van der Waals surface area contributed by atoms with Crippen LogP contribution in [0.5, 0.6) is 0 Å². The van der Waals surface area contributed by atoms with Gasteiger partial charge in [-0.25, -0.2) is 0 Å². The number of rotatable bonds is 2.